The van der Waals surface area contributed by atoms with Crippen LogP contribution in [0.5, 0.6) is 0 Å². The van der Waals surface area contributed by atoms with Gasteiger partial charge in [-0.15, -0.1) is 0 Å². The molecule has 18 heavy (non-hydrogen) atoms. The van der Waals surface area contributed by atoms with Crippen molar-refractivity contribution >= 4 is 24.3 Å². The van der Waals surface area contributed by atoms with Crippen LogP contribution in [0.4, 0.5) is 0 Å². The summed E-state index contributed by atoms with van der Waals surface area (Å²) in [6.07, 6.45) is -0.395. The van der Waals surface area contributed by atoms with E-state index < -0.39 is 19.7 Å². The second-order valence-corrected chi connectivity index (χ2v) is 5.59. The largest absolute Gasteiger partial charge is 0.478 e. The van der Waals surface area contributed by atoms with Crippen molar-refractivity contribution in [3.8, 4) is 0 Å². The van der Waals surface area contributed by atoms with Gasteiger partial charge in [-0.3, -0.25) is 4.57 Å². The minimum Gasteiger partial charge on any atom is -0.478 e. The minimum atomic E-state index is -4.18. The highest BCUT2D eigenvalue weighted by atomic mass is 31.2. The molecule has 0 amide bonds. The first-order valence-corrected chi connectivity index (χ1v) is 6.97. The average Bonchev–Trinajstić information content (AvgIpc) is 2.27. The maximum absolute atomic E-state index is 11.1. The quantitative estimate of drug-likeness (QED) is 0.740. The van der Waals surface area contributed by atoms with Crippen molar-refractivity contribution in [2.75, 3.05) is 0 Å². The monoisotopic (exact) mass is 266 g/mol. The molecule has 0 fully saturated rings. The van der Waals surface area contributed by atoms with Gasteiger partial charge in [0.05, 0.1) is 11.7 Å². The lowest BCUT2D eigenvalue weighted by Gasteiger charge is -2.09. The Morgan fingerprint density at radius 3 is 2.22 bits per heavy atom. The highest BCUT2D eigenvalue weighted by Crippen LogP contribution is 2.41. The standard InChI is InChI=1S/C12H11O5P/c13-12(14)11-6-5-8(7-18(15,16)17)9-3-1-2-4-10(9)11/h1-6H,7H2,(H,13,14)(H2,15,16,17). The van der Waals surface area contributed by atoms with E-state index in [4.69, 9.17) is 14.9 Å². The number of aromatic carboxylic acids is 1. The van der Waals surface area contributed by atoms with E-state index in [1.54, 1.807) is 24.3 Å². The number of carboxylic acid groups (broad SMARTS) is 1. The zero-order valence-electron chi connectivity index (χ0n) is 9.28. The highest BCUT2D eigenvalue weighted by Gasteiger charge is 2.18. The first-order valence-electron chi connectivity index (χ1n) is 5.17. The third kappa shape index (κ3) is 2.59. The van der Waals surface area contributed by atoms with E-state index in [1.807, 2.05) is 0 Å². The number of benzene rings is 2. The van der Waals surface area contributed by atoms with Crippen LogP contribution in [0.2, 0.25) is 0 Å². The fourth-order valence-electron chi connectivity index (χ4n) is 1.91. The van der Waals surface area contributed by atoms with E-state index >= 15 is 0 Å². The molecule has 0 radical (unpaired) electrons. The van der Waals surface area contributed by atoms with Crippen LogP contribution in [0, 0.1) is 0 Å². The summed E-state index contributed by atoms with van der Waals surface area (Å²) in [6.45, 7) is 0. The van der Waals surface area contributed by atoms with Gasteiger partial charge in [-0.1, -0.05) is 30.3 Å². The van der Waals surface area contributed by atoms with Crippen molar-refractivity contribution in [2.45, 2.75) is 6.16 Å². The molecule has 0 heterocycles. The van der Waals surface area contributed by atoms with Gasteiger partial charge in [-0.25, -0.2) is 4.79 Å². The summed E-state index contributed by atoms with van der Waals surface area (Å²) < 4.78 is 11.0. The van der Waals surface area contributed by atoms with Gasteiger partial charge in [0, 0.05) is 0 Å². The lowest BCUT2D eigenvalue weighted by atomic mass is 10.0. The van der Waals surface area contributed by atoms with Crippen LogP contribution in [0.15, 0.2) is 36.4 Å². The molecule has 0 spiro atoms. The van der Waals surface area contributed by atoms with Crippen LogP contribution >= 0.6 is 7.60 Å². The molecule has 0 unspecified atom stereocenters. The van der Waals surface area contributed by atoms with Gasteiger partial charge < -0.3 is 14.9 Å². The number of hydrogen-bond acceptors (Lipinski definition) is 2. The van der Waals surface area contributed by atoms with Gasteiger partial charge in [-0.2, -0.15) is 0 Å². The molecule has 3 N–H and O–H groups in total. The molecule has 2 aromatic carbocycles. The van der Waals surface area contributed by atoms with Crippen LogP contribution in [-0.4, -0.2) is 20.9 Å². The van der Waals surface area contributed by atoms with Gasteiger partial charge in [0.15, 0.2) is 0 Å². The lowest BCUT2D eigenvalue weighted by Crippen LogP contribution is -1.99. The Kier molecular flexibility index (Phi) is 3.22. The molecule has 94 valence electrons. The minimum absolute atomic E-state index is 0.125. The van der Waals surface area contributed by atoms with Gasteiger partial charge in [0.25, 0.3) is 0 Å². The normalized spacial score (nSPS) is 11.7. The molecule has 0 bridgehead atoms. The fourth-order valence-corrected chi connectivity index (χ4v) is 2.63. The maximum Gasteiger partial charge on any atom is 0.336 e. The number of carboxylic acids is 1. The molecule has 5 nitrogen and oxygen atoms in total. The smallest absolute Gasteiger partial charge is 0.336 e. The highest BCUT2D eigenvalue weighted by molar-refractivity contribution is 7.50. The van der Waals surface area contributed by atoms with Gasteiger partial charge in [-0.05, 0) is 22.4 Å². The zero-order chi connectivity index (χ0) is 13.3. The van der Waals surface area contributed by atoms with Crippen LogP contribution in [0.25, 0.3) is 10.8 Å². The van der Waals surface area contributed by atoms with E-state index in [0.717, 1.165) is 0 Å². The second kappa shape index (κ2) is 4.53. The van der Waals surface area contributed by atoms with Crippen LogP contribution in [0.1, 0.15) is 15.9 Å². The SMILES string of the molecule is O=C(O)c1ccc(CP(=O)(O)O)c2ccccc12. The molecule has 0 aromatic heterocycles. The average molecular weight is 266 g/mol. The first kappa shape index (κ1) is 12.8. The van der Waals surface area contributed by atoms with Crippen molar-refractivity contribution < 1.29 is 24.3 Å². The summed E-state index contributed by atoms with van der Waals surface area (Å²) in [5, 5.41) is 10.1. The first-order chi connectivity index (χ1) is 8.38. The Labute approximate surface area is 103 Å². The Balaban J connectivity index is 2.68. The van der Waals surface area contributed by atoms with E-state index in [0.29, 0.717) is 16.3 Å². The predicted octanol–water partition coefficient (Wildman–Crippen LogP) is 2.22. The lowest BCUT2D eigenvalue weighted by molar-refractivity contribution is 0.0699. The Morgan fingerprint density at radius 1 is 1.06 bits per heavy atom. The molecule has 2 aromatic rings. The molecular weight excluding hydrogens is 255 g/mol. The molecule has 0 aliphatic rings. The summed E-state index contributed by atoms with van der Waals surface area (Å²) in [5.74, 6) is -1.06. The van der Waals surface area contributed by atoms with Crippen molar-refractivity contribution in [3.63, 3.8) is 0 Å². The summed E-state index contributed by atoms with van der Waals surface area (Å²) in [5.41, 5.74) is 0.573. The predicted molar refractivity (Wildman–Crippen MR) is 66.7 cm³/mol. The number of rotatable bonds is 3. The zero-order valence-corrected chi connectivity index (χ0v) is 10.2. The number of hydrogen-bond donors (Lipinski definition) is 3. The number of carbonyl (C=O) groups is 1. The summed E-state index contributed by atoms with van der Waals surface area (Å²) >= 11 is 0. The van der Waals surface area contributed by atoms with Gasteiger partial charge in [0.2, 0.25) is 0 Å². The van der Waals surface area contributed by atoms with E-state index in [9.17, 15) is 9.36 Å². The topological polar surface area (TPSA) is 94.8 Å². The molecule has 0 aliphatic carbocycles. The molecule has 6 heteroatoms. The molecular formula is C12H11O5P. The Hall–Kier alpha value is -1.68. The molecule has 2 rings (SSSR count). The summed E-state index contributed by atoms with van der Waals surface area (Å²) in [6, 6.07) is 9.50. The van der Waals surface area contributed by atoms with E-state index in [1.165, 1.54) is 12.1 Å². The third-order valence-corrected chi connectivity index (χ3v) is 3.37. The second-order valence-electron chi connectivity index (χ2n) is 3.95. The van der Waals surface area contributed by atoms with Crippen molar-refractivity contribution in [1.29, 1.82) is 0 Å². The van der Waals surface area contributed by atoms with Gasteiger partial charge >= 0.3 is 13.6 Å². The maximum atomic E-state index is 11.1. The van der Waals surface area contributed by atoms with Gasteiger partial charge in [0.1, 0.15) is 0 Å². The molecule has 0 saturated heterocycles. The molecule has 0 saturated carbocycles. The van der Waals surface area contributed by atoms with E-state index in [2.05, 4.69) is 0 Å². The third-order valence-electron chi connectivity index (χ3n) is 2.62. The van der Waals surface area contributed by atoms with Crippen LogP contribution in [-0.2, 0) is 10.7 Å². The summed E-state index contributed by atoms with van der Waals surface area (Å²) in [7, 11) is -4.18. The van der Waals surface area contributed by atoms with Crippen LogP contribution in [0.3, 0.4) is 0 Å². The molecule has 0 atom stereocenters. The molecule has 0 aliphatic heterocycles. The van der Waals surface area contributed by atoms with Crippen molar-refractivity contribution in [3.05, 3.63) is 47.5 Å². The van der Waals surface area contributed by atoms with E-state index in [-0.39, 0.29) is 5.56 Å². The van der Waals surface area contributed by atoms with Crippen LogP contribution < -0.4 is 0 Å². The van der Waals surface area contributed by atoms with Crippen molar-refractivity contribution in [2.24, 2.45) is 0 Å². The number of fused-ring (bicyclic) bond motifs is 1. The Bertz CT molecular complexity index is 659. The summed E-state index contributed by atoms with van der Waals surface area (Å²) in [4.78, 5) is 29.1. The fraction of sp³-hybridized carbons (Fsp3) is 0.0833. The Morgan fingerprint density at radius 2 is 1.67 bits per heavy atom. The van der Waals surface area contributed by atoms with Crippen molar-refractivity contribution in [1.82, 2.24) is 0 Å².